The molecule has 2 amide bonds. The van der Waals surface area contributed by atoms with Crippen molar-refractivity contribution in [1.29, 1.82) is 0 Å². The average Bonchev–Trinajstić information content (AvgIpc) is 2.43. The first kappa shape index (κ1) is 17.1. The van der Waals surface area contributed by atoms with Gasteiger partial charge >= 0.3 is 6.03 Å². The van der Waals surface area contributed by atoms with Crippen LogP contribution in [0.2, 0.25) is 10.0 Å². The summed E-state index contributed by atoms with van der Waals surface area (Å²) in [6, 6.07) is 4.76. The number of nitrogens with zero attached hydrogens (tertiary/aromatic N) is 1. The van der Waals surface area contributed by atoms with Gasteiger partial charge in [-0.25, -0.2) is 4.79 Å². The van der Waals surface area contributed by atoms with E-state index in [1.807, 2.05) is 0 Å². The highest BCUT2D eigenvalue weighted by Gasteiger charge is 2.04. The smallest absolute Gasteiger partial charge is 0.319 e. The van der Waals surface area contributed by atoms with Crippen molar-refractivity contribution in [2.75, 3.05) is 31.5 Å². The van der Waals surface area contributed by atoms with Crippen molar-refractivity contribution in [2.45, 2.75) is 20.3 Å². The third-order valence-electron chi connectivity index (χ3n) is 3.01. The van der Waals surface area contributed by atoms with Gasteiger partial charge in [-0.15, -0.1) is 0 Å². The van der Waals surface area contributed by atoms with Crippen LogP contribution in [0.15, 0.2) is 18.2 Å². The zero-order chi connectivity index (χ0) is 15.0. The van der Waals surface area contributed by atoms with Crippen molar-refractivity contribution >= 4 is 34.9 Å². The number of nitrogens with one attached hydrogen (secondary N) is 2. The lowest BCUT2D eigenvalue weighted by molar-refractivity contribution is 0.250. The molecule has 0 fully saturated rings. The van der Waals surface area contributed by atoms with E-state index < -0.39 is 0 Å². The van der Waals surface area contributed by atoms with Gasteiger partial charge in [-0.05, 0) is 44.3 Å². The molecular formula is C14H21Cl2N3O. The number of carbonyl (C=O) groups is 1. The maximum absolute atomic E-state index is 11.7. The van der Waals surface area contributed by atoms with Gasteiger partial charge in [0, 0.05) is 12.2 Å². The molecule has 0 aliphatic heterocycles. The summed E-state index contributed by atoms with van der Waals surface area (Å²) in [5.74, 6) is 0. The first-order valence-electron chi connectivity index (χ1n) is 6.79. The van der Waals surface area contributed by atoms with Gasteiger partial charge in [0.25, 0.3) is 0 Å². The minimum absolute atomic E-state index is 0.233. The highest BCUT2D eigenvalue weighted by Crippen LogP contribution is 2.24. The van der Waals surface area contributed by atoms with Gasteiger partial charge in [-0.2, -0.15) is 0 Å². The van der Waals surface area contributed by atoms with Crippen LogP contribution in [0.1, 0.15) is 20.3 Å². The highest BCUT2D eigenvalue weighted by molar-refractivity contribution is 6.42. The molecule has 1 aromatic rings. The standard InChI is InChI=1S/C14H21Cl2N3O/c1-3-19(4-2)9-5-8-17-14(20)18-11-6-7-12(15)13(16)10-11/h6-7,10H,3-5,8-9H2,1-2H3,(H2,17,18,20). The molecule has 0 spiro atoms. The molecule has 0 radical (unpaired) electrons. The van der Waals surface area contributed by atoms with Crippen molar-refractivity contribution in [3.05, 3.63) is 28.2 Å². The van der Waals surface area contributed by atoms with E-state index in [0.717, 1.165) is 26.1 Å². The normalized spacial score (nSPS) is 10.7. The second-order valence-electron chi connectivity index (χ2n) is 4.39. The van der Waals surface area contributed by atoms with E-state index in [9.17, 15) is 4.79 Å². The van der Waals surface area contributed by atoms with E-state index in [4.69, 9.17) is 23.2 Å². The number of carbonyl (C=O) groups excluding carboxylic acids is 1. The van der Waals surface area contributed by atoms with Crippen LogP contribution in [-0.2, 0) is 0 Å². The van der Waals surface area contributed by atoms with E-state index >= 15 is 0 Å². The molecule has 0 aliphatic rings. The molecule has 20 heavy (non-hydrogen) atoms. The largest absolute Gasteiger partial charge is 0.338 e. The Hall–Kier alpha value is -0.970. The quantitative estimate of drug-likeness (QED) is 0.750. The minimum Gasteiger partial charge on any atom is -0.338 e. The first-order valence-corrected chi connectivity index (χ1v) is 7.54. The maximum Gasteiger partial charge on any atom is 0.319 e. The molecule has 4 nitrogen and oxygen atoms in total. The maximum atomic E-state index is 11.7. The van der Waals surface area contributed by atoms with Gasteiger partial charge in [0.15, 0.2) is 0 Å². The third kappa shape index (κ3) is 5.99. The van der Waals surface area contributed by atoms with Crippen molar-refractivity contribution in [3.8, 4) is 0 Å². The summed E-state index contributed by atoms with van der Waals surface area (Å²) in [6.45, 7) is 7.96. The summed E-state index contributed by atoms with van der Waals surface area (Å²) < 4.78 is 0. The Labute approximate surface area is 130 Å². The molecule has 0 bridgehead atoms. The zero-order valence-corrected chi connectivity index (χ0v) is 13.4. The molecule has 112 valence electrons. The molecule has 1 rings (SSSR count). The third-order valence-corrected chi connectivity index (χ3v) is 3.75. The number of anilines is 1. The van der Waals surface area contributed by atoms with Crippen LogP contribution in [0, 0.1) is 0 Å². The predicted molar refractivity (Wildman–Crippen MR) is 85.9 cm³/mol. The lowest BCUT2D eigenvalue weighted by Gasteiger charge is -2.17. The van der Waals surface area contributed by atoms with Crippen molar-refractivity contribution < 1.29 is 4.79 Å². The molecular weight excluding hydrogens is 297 g/mol. The van der Waals surface area contributed by atoms with Gasteiger partial charge in [-0.3, -0.25) is 0 Å². The fourth-order valence-corrected chi connectivity index (χ4v) is 2.09. The average molecular weight is 318 g/mol. The Kier molecular flexibility index (Phi) is 7.73. The van der Waals surface area contributed by atoms with Gasteiger partial charge in [0.2, 0.25) is 0 Å². The molecule has 0 unspecified atom stereocenters. The van der Waals surface area contributed by atoms with E-state index in [0.29, 0.717) is 22.3 Å². The second kappa shape index (κ2) is 9.06. The highest BCUT2D eigenvalue weighted by atomic mass is 35.5. The van der Waals surface area contributed by atoms with E-state index in [1.54, 1.807) is 18.2 Å². The molecule has 0 heterocycles. The monoisotopic (exact) mass is 317 g/mol. The Morgan fingerprint density at radius 1 is 1.20 bits per heavy atom. The Morgan fingerprint density at radius 2 is 1.90 bits per heavy atom. The summed E-state index contributed by atoms with van der Waals surface area (Å²) in [5.41, 5.74) is 0.626. The molecule has 0 aromatic heterocycles. The Balaban J connectivity index is 2.28. The fourth-order valence-electron chi connectivity index (χ4n) is 1.79. The van der Waals surface area contributed by atoms with Gasteiger partial charge in [0.1, 0.15) is 0 Å². The number of rotatable bonds is 7. The number of hydrogen-bond donors (Lipinski definition) is 2. The van der Waals surface area contributed by atoms with Crippen LogP contribution in [0.3, 0.4) is 0 Å². The molecule has 1 aromatic carbocycles. The number of urea groups is 1. The van der Waals surface area contributed by atoms with Crippen LogP contribution in [0.4, 0.5) is 10.5 Å². The molecule has 0 saturated carbocycles. The summed E-state index contributed by atoms with van der Waals surface area (Å²) in [7, 11) is 0. The number of hydrogen-bond acceptors (Lipinski definition) is 2. The van der Waals surface area contributed by atoms with E-state index in [1.165, 1.54) is 0 Å². The van der Waals surface area contributed by atoms with Crippen molar-refractivity contribution in [1.82, 2.24) is 10.2 Å². The van der Waals surface area contributed by atoms with E-state index in [-0.39, 0.29) is 6.03 Å². The summed E-state index contributed by atoms with van der Waals surface area (Å²) in [6.07, 6.45) is 0.927. The van der Waals surface area contributed by atoms with Gasteiger partial charge in [0.05, 0.1) is 10.0 Å². The summed E-state index contributed by atoms with van der Waals surface area (Å²) in [4.78, 5) is 14.0. The number of benzene rings is 1. The molecule has 0 saturated heterocycles. The van der Waals surface area contributed by atoms with Crippen LogP contribution in [0.25, 0.3) is 0 Å². The number of amides is 2. The fraction of sp³-hybridized carbons (Fsp3) is 0.500. The first-order chi connectivity index (χ1) is 9.56. The van der Waals surface area contributed by atoms with Crippen molar-refractivity contribution in [3.63, 3.8) is 0 Å². The predicted octanol–water partition coefficient (Wildman–Crippen LogP) is 3.85. The molecule has 0 atom stereocenters. The Morgan fingerprint density at radius 3 is 2.50 bits per heavy atom. The number of halogens is 2. The van der Waals surface area contributed by atoms with Gasteiger partial charge in [-0.1, -0.05) is 37.0 Å². The lowest BCUT2D eigenvalue weighted by Crippen LogP contribution is -2.32. The van der Waals surface area contributed by atoms with Crippen molar-refractivity contribution in [2.24, 2.45) is 0 Å². The van der Waals surface area contributed by atoms with Crippen LogP contribution in [-0.4, -0.2) is 37.1 Å². The van der Waals surface area contributed by atoms with Crippen LogP contribution >= 0.6 is 23.2 Å². The minimum atomic E-state index is -0.233. The van der Waals surface area contributed by atoms with Crippen LogP contribution < -0.4 is 10.6 Å². The SMILES string of the molecule is CCN(CC)CCCNC(=O)Nc1ccc(Cl)c(Cl)c1. The topological polar surface area (TPSA) is 44.4 Å². The summed E-state index contributed by atoms with van der Waals surface area (Å²) in [5, 5.41) is 6.43. The van der Waals surface area contributed by atoms with E-state index in [2.05, 4.69) is 29.4 Å². The van der Waals surface area contributed by atoms with Gasteiger partial charge < -0.3 is 15.5 Å². The second-order valence-corrected chi connectivity index (χ2v) is 5.20. The van der Waals surface area contributed by atoms with Crippen LogP contribution in [0.5, 0.6) is 0 Å². The zero-order valence-electron chi connectivity index (χ0n) is 11.9. The summed E-state index contributed by atoms with van der Waals surface area (Å²) >= 11 is 11.7. The Bertz CT molecular complexity index is 436. The molecule has 0 aliphatic carbocycles. The lowest BCUT2D eigenvalue weighted by atomic mass is 10.3. The molecule has 2 N–H and O–H groups in total. The molecule has 6 heteroatoms.